The summed E-state index contributed by atoms with van der Waals surface area (Å²) in [6.07, 6.45) is -0.103. The molecule has 180 valence electrons. The Balaban J connectivity index is 1.35. The molecule has 1 aromatic carbocycles. The summed E-state index contributed by atoms with van der Waals surface area (Å²) < 4.78 is 38.5. The highest BCUT2D eigenvalue weighted by molar-refractivity contribution is 5.68. The summed E-state index contributed by atoms with van der Waals surface area (Å²) in [6.45, 7) is 7.01. The fraction of sp³-hybridized carbons (Fsp3) is 0.480. The first-order valence-electron chi connectivity index (χ1n) is 11.4. The van der Waals surface area contributed by atoms with Crippen LogP contribution in [0.25, 0.3) is 16.9 Å². The van der Waals surface area contributed by atoms with Crippen molar-refractivity contribution >= 4 is 0 Å². The van der Waals surface area contributed by atoms with Crippen molar-refractivity contribution < 1.29 is 18.6 Å². The number of rotatable bonds is 4. The lowest BCUT2D eigenvalue weighted by atomic mass is 9.80. The second-order valence-electron chi connectivity index (χ2n) is 10.2. The van der Waals surface area contributed by atoms with Crippen LogP contribution in [0.2, 0.25) is 0 Å². The van der Waals surface area contributed by atoms with E-state index in [1.807, 2.05) is 37.1 Å². The van der Waals surface area contributed by atoms with Crippen molar-refractivity contribution in [1.29, 1.82) is 0 Å². The number of aryl methyl sites for hydroxylation is 1. The smallest absolute Gasteiger partial charge is 0.233 e. The first-order valence-corrected chi connectivity index (χ1v) is 11.4. The first-order chi connectivity index (χ1) is 15.9. The third-order valence-corrected chi connectivity index (χ3v) is 7.99. The lowest BCUT2D eigenvalue weighted by Gasteiger charge is -2.51. The molecule has 2 saturated heterocycles. The van der Waals surface area contributed by atoms with Crippen LogP contribution >= 0.6 is 0 Å². The maximum atomic E-state index is 15.5. The molecule has 2 aliphatic heterocycles. The van der Waals surface area contributed by atoms with Crippen LogP contribution < -0.4 is 4.74 Å². The fourth-order valence-corrected chi connectivity index (χ4v) is 5.64. The van der Waals surface area contributed by atoms with Crippen molar-refractivity contribution in [2.75, 3.05) is 7.05 Å². The van der Waals surface area contributed by atoms with E-state index >= 15 is 8.78 Å². The molecule has 34 heavy (non-hydrogen) atoms. The molecule has 2 aromatic heterocycles. The molecule has 5 rings (SSSR count). The number of piperidine rings is 1. The molecule has 2 bridgehead atoms. The van der Waals surface area contributed by atoms with Crippen molar-refractivity contribution in [3.8, 4) is 28.6 Å². The largest absolute Gasteiger partial charge is 0.507 e. The van der Waals surface area contributed by atoms with Gasteiger partial charge in [-0.25, -0.2) is 13.5 Å². The van der Waals surface area contributed by atoms with Gasteiger partial charge in [0.15, 0.2) is 6.17 Å². The standard InChI is InChI=1S/C25H29F2N5O2/c1-15-10-11-32(30-15)16-6-7-17(19(33)12-16)18-8-9-21(29-28-18)34-20-13-25(4)24(3,27)14-23(2,22(20)26)31(25)5/h6-12,20,22,33H,13-14H2,1-5H3. The molecule has 4 heterocycles. The number of fused-ring (bicyclic) bond motifs is 2. The zero-order chi connectivity index (χ0) is 24.5. The predicted molar refractivity (Wildman–Crippen MR) is 124 cm³/mol. The summed E-state index contributed by atoms with van der Waals surface area (Å²) in [7, 11) is 1.79. The van der Waals surface area contributed by atoms with Crippen molar-refractivity contribution in [2.24, 2.45) is 0 Å². The van der Waals surface area contributed by atoms with E-state index in [1.165, 1.54) is 0 Å². The highest BCUT2D eigenvalue weighted by Crippen LogP contribution is 2.57. The molecule has 0 amide bonds. The number of hydrogen-bond donors (Lipinski definition) is 1. The van der Waals surface area contributed by atoms with Gasteiger partial charge in [-0.05, 0) is 59.0 Å². The summed E-state index contributed by atoms with van der Waals surface area (Å²) in [5.41, 5.74) is -0.804. The highest BCUT2D eigenvalue weighted by atomic mass is 19.1. The molecule has 0 spiro atoms. The monoisotopic (exact) mass is 469 g/mol. The van der Waals surface area contributed by atoms with Crippen LogP contribution in [0.15, 0.2) is 42.6 Å². The molecule has 0 saturated carbocycles. The molecule has 5 atom stereocenters. The van der Waals surface area contributed by atoms with Gasteiger partial charge in [0.2, 0.25) is 5.88 Å². The Kier molecular flexibility index (Phi) is 4.99. The molecular formula is C25H29F2N5O2. The summed E-state index contributed by atoms with van der Waals surface area (Å²) in [5.74, 6) is 0.198. The molecule has 2 fully saturated rings. The molecular weight excluding hydrogens is 440 g/mol. The second-order valence-corrected chi connectivity index (χ2v) is 10.2. The quantitative estimate of drug-likeness (QED) is 0.610. The minimum atomic E-state index is -1.53. The molecule has 3 aromatic rings. The summed E-state index contributed by atoms with van der Waals surface area (Å²) in [4.78, 5) is 1.83. The van der Waals surface area contributed by atoms with Crippen LogP contribution in [0.4, 0.5) is 8.78 Å². The van der Waals surface area contributed by atoms with E-state index in [4.69, 9.17) is 4.74 Å². The van der Waals surface area contributed by atoms with Gasteiger partial charge in [0.1, 0.15) is 17.5 Å². The van der Waals surface area contributed by atoms with Gasteiger partial charge in [-0.3, -0.25) is 4.90 Å². The molecule has 0 radical (unpaired) electrons. The van der Waals surface area contributed by atoms with Gasteiger partial charge >= 0.3 is 0 Å². The zero-order valence-electron chi connectivity index (χ0n) is 20.0. The van der Waals surface area contributed by atoms with Crippen LogP contribution in [0, 0.1) is 6.92 Å². The summed E-state index contributed by atoms with van der Waals surface area (Å²) in [5, 5.41) is 23.2. The molecule has 9 heteroatoms. The number of phenols is 1. The Morgan fingerprint density at radius 1 is 1.12 bits per heavy atom. The third-order valence-electron chi connectivity index (χ3n) is 7.99. The number of alkyl halides is 2. The van der Waals surface area contributed by atoms with Crippen molar-refractivity contribution in [3.63, 3.8) is 0 Å². The van der Waals surface area contributed by atoms with Gasteiger partial charge in [0.25, 0.3) is 0 Å². The van der Waals surface area contributed by atoms with Gasteiger partial charge in [0.05, 0.1) is 28.2 Å². The van der Waals surface area contributed by atoms with Crippen LogP contribution in [-0.2, 0) is 0 Å². The van der Waals surface area contributed by atoms with Crippen LogP contribution in [-0.4, -0.2) is 66.1 Å². The zero-order valence-corrected chi connectivity index (χ0v) is 20.0. The van der Waals surface area contributed by atoms with E-state index in [0.29, 0.717) is 11.3 Å². The van der Waals surface area contributed by atoms with Gasteiger partial charge in [-0.1, -0.05) is 0 Å². The van der Waals surface area contributed by atoms with Gasteiger partial charge in [-0.2, -0.15) is 5.10 Å². The average molecular weight is 470 g/mol. The fourth-order valence-electron chi connectivity index (χ4n) is 5.64. The SMILES string of the molecule is Cc1ccn(-c2ccc(-c3ccc(OC4CC5(C)N(C)C(C)(CC5(C)F)C4F)nn3)c(O)c2)n1. The molecule has 0 aliphatic carbocycles. The van der Waals surface area contributed by atoms with E-state index in [0.717, 1.165) is 11.4 Å². The Hall–Kier alpha value is -3.07. The number of hydrogen-bond acceptors (Lipinski definition) is 6. The molecule has 5 unspecified atom stereocenters. The van der Waals surface area contributed by atoms with Crippen LogP contribution in [0.1, 0.15) is 39.3 Å². The second kappa shape index (κ2) is 7.46. The van der Waals surface area contributed by atoms with Gasteiger partial charge in [-0.15, -0.1) is 10.2 Å². The highest BCUT2D eigenvalue weighted by Gasteiger charge is 2.70. The topological polar surface area (TPSA) is 76.3 Å². The maximum Gasteiger partial charge on any atom is 0.233 e. The number of aromatic hydroxyl groups is 1. The first kappa shape index (κ1) is 22.7. The minimum Gasteiger partial charge on any atom is -0.507 e. The lowest BCUT2D eigenvalue weighted by molar-refractivity contribution is -0.103. The minimum absolute atomic E-state index is 0.0346. The van der Waals surface area contributed by atoms with E-state index in [1.54, 1.807) is 49.8 Å². The van der Waals surface area contributed by atoms with Crippen molar-refractivity contribution in [3.05, 3.63) is 48.3 Å². The summed E-state index contributed by atoms with van der Waals surface area (Å²) in [6, 6.07) is 10.3. The van der Waals surface area contributed by atoms with E-state index in [2.05, 4.69) is 15.3 Å². The normalized spacial score (nSPS) is 33.3. The Morgan fingerprint density at radius 2 is 1.88 bits per heavy atom. The number of phenolic OH excluding ortho intramolecular Hbond substituents is 1. The number of benzene rings is 1. The Bertz CT molecular complexity index is 1230. The average Bonchev–Trinajstić information content (AvgIpc) is 3.26. The van der Waals surface area contributed by atoms with E-state index < -0.39 is 29.0 Å². The van der Waals surface area contributed by atoms with Gasteiger partial charge < -0.3 is 9.84 Å². The van der Waals surface area contributed by atoms with Crippen LogP contribution in [0.3, 0.4) is 0 Å². The van der Waals surface area contributed by atoms with Crippen LogP contribution in [0.5, 0.6) is 11.6 Å². The maximum absolute atomic E-state index is 15.5. The Labute approximate surface area is 197 Å². The van der Waals surface area contributed by atoms with Crippen molar-refractivity contribution in [1.82, 2.24) is 24.9 Å². The number of ether oxygens (including phenoxy) is 1. The Morgan fingerprint density at radius 3 is 2.50 bits per heavy atom. The number of nitrogens with zero attached hydrogens (tertiary/aromatic N) is 5. The predicted octanol–water partition coefficient (Wildman–Crippen LogP) is 4.41. The van der Waals surface area contributed by atoms with E-state index in [9.17, 15) is 5.11 Å². The molecule has 2 aliphatic rings. The molecule has 1 N–H and O–H groups in total. The summed E-state index contributed by atoms with van der Waals surface area (Å²) >= 11 is 0. The number of halogens is 2. The number of aromatic nitrogens is 4. The van der Waals surface area contributed by atoms with E-state index in [-0.39, 0.29) is 24.5 Å². The molecule has 7 nitrogen and oxygen atoms in total. The lowest BCUT2D eigenvalue weighted by Crippen LogP contribution is -2.65. The van der Waals surface area contributed by atoms with Gasteiger partial charge in [0, 0.05) is 36.7 Å². The van der Waals surface area contributed by atoms with Crippen molar-refractivity contribution in [2.45, 2.75) is 69.6 Å². The third kappa shape index (κ3) is 3.28.